The quantitative estimate of drug-likeness (QED) is 0.431. The van der Waals surface area contributed by atoms with E-state index in [2.05, 4.69) is 15.0 Å². The molecule has 35 heavy (non-hydrogen) atoms. The molecule has 1 heterocycles. The molecule has 0 spiro atoms. The Balaban J connectivity index is 1.27. The van der Waals surface area contributed by atoms with Crippen LogP contribution in [0.5, 0.6) is 0 Å². The maximum absolute atomic E-state index is 12.6. The highest BCUT2D eigenvalue weighted by Crippen LogP contribution is 2.29. The number of benzene rings is 2. The fourth-order valence-corrected chi connectivity index (χ4v) is 5.65. The Hall–Kier alpha value is -3.04. The molecule has 3 aromatic rings. The topological polar surface area (TPSA) is 104 Å². The van der Waals surface area contributed by atoms with E-state index in [9.17, 15) is 13.2 Å². The molecule has 0 atom stereocenters. The maximum Gasteiger partial charge on any atom is 0.240 e. The van der Waals surface area contributed by atoms with Crippen LogP contribution in [0.25, 0.3) is 10.9 Å². The molecule has 1 aliphatic carbocycles. The first-order valence-corrected chi connectivity index (χ1v) is 13.5. The summed E-state index contributed by atoms with van der Waals surface area (Å²) < 4.78 is 28.0. The fourth-order valence-electron chi connectivity index (χ4n) is 4.53. The van der Waals surface area contributed by atoms with Gasteiger partial charge in [-0.25, -0.2) is 18.1 Å². The van der Waals surface area contributed by atoms with E-state index in [0.717, 1.165) is 48.9 Å². The molecule has 9 heteroatoms. The maximum atomic E-state index is 12.6. The third-order valence-electron chi connectivity index (χ3n) is 6.66. The lowest BCUT2D eigenvalue weighted by Gasteiger charge is -2.28. The van der Waals surface area contributed by atoms with E-state index in [-0.39, 0.29) is 10.7 Å². The molecule has 0 amide bonds. The normalized spacial score (nSPS) is 18.4. The molecule has 0 unspecified atom stereocenters. The van der Waals surface area contributed by atoms with Gasteiger partial charge in [-0.1, -0.05) is 24.3 Å². The second-order valence-electron chi connectivity index (χ2n) is 9.48. The third kappa shape index (κ3) is 6.15. The van der Waals surface area contributed by atoms with Crippen molar-refractivity contribution in [2.75, 3.05) is 37.4 Å². The van der Waals surface area contributed by atoms with Crippen LogP contribution < -0.4 is 14.9 Å². The minimum absolute atomic E-state index is 0.0847. The van der Waals surface area contributed by atoms with E-state index in [4.69, 9.17) is 4.98 Å². The number of aromatic nitrogens is 2. The number of ketones is 1. The molecular weight excluding hydrogens is 462 g/mol. The third-order valence-corrected chi connectivity index (χ3v) is 8.09. The van der Waals surface area contributed by atoms with Crippen LogP contribution in [0.15, 0.2) is 53.4 Å². The largest absolute Gasteiger partial charge is 0.362 e. The number of carbonyl (C=O) groups excluding carboxylic acids is 1. The van der Waals surface area contributed by atoms with Crippen molar-refractivity contribution in [3.63, 3.8) is 0 Å². The number of para-hydroxylation sites is 1. The van der Waals surface area contributed by atoms with Gasteiger partial charge in [0.25, 0.3) is 0 Å². The summed E-state index contributed by atoms with van der Waals surface area (Å²) in [7, 11) is 0.378. The molecule has 2 aromatic carbocycles. The van der Waals surface area contributed by atoms with Gasteiger partial charge in [0.15, 0.2) is 5.78 Å². The van der Waals surface area contributed by atoms with Crippen LogP contribution >= 0.6 is 0 Å². The second kappa shape index (κ2) is 10.7. The number of Topliss-reactive ketones (excluding diaryl/α,β-unsaturated/α-hetero) is 1. The number of nitrogens with one attached hydrogen (secondary N) is 2. The lowest BCUT2D eigenvalue weighted by molar-refractivity contribution is 0.101. The van der Waals surface area contributed by atoms with Crippen molar-refractivity contribution in [3.8, 4) is 0 Å². The molecular formula is C26H33N5O3S. The van der Waals surface area contributed by atoms with Crippen molar-refractivity contribution < 1.29 is 13.2 Å². The summed E-state index contributed by atoms with van der Waals surface area (Å²) in [5.41, 5.74) is 1.42. The van der Waals surface area contributed by atoms with Crippen molar-refractivity contribution in [3.05, 3.63) is 54.1 Å². The molecule has 4 rings (SSSR count). The van der Waals surface area contributed by atoms with Crippen molar-refractivity contribution in [1.29, 1.82) is 0 Å². The number of carbonyl (C=O) groups is 1. The zero-order valence-corrected chi connectivity index (χ0v) is 21.3. The molecule has 1 fully saturated rings. The molecule has 8 nitrogen and oxygen atoms in total. The van der Waals surface area contributed by atoms with Crippen molar-refractivity contribution in [1.82, 2.24) is 14.7 Å². The zero-order chi connectivity index (χ0) is 25.0. The average molecular weight is 496 g/mol. The molecule has 2 N–H and O–H groups in total. The summed E-state index contributed by atoms with van der Waals surface area (Å²) in [5, 5.41) is 4.45. The lowest BCUT2D eigenvalue weighted by atomic mass is 9.82. The van der Waals surface area contributed by atoms with Gasteiger partial charge in [-0.2, -0.15) is 4.98 Å². The van der Waals surface area contributed by atoms with Gasteiger partial charge in [0.05, 0.1) is 10.4 Å². The lowest BCUT2D eigenvalue weighted by Crippen LogP contribution is -2.32. The van der Waals surface area contributed by atoms with Gasteiger partial charge in [0.2, 0.25) is 16.0 Å². The Labute approximate surface area is 207 Å². The van der Waals surface area contributed by atoms with Crippen LogP contribution in [-0.2, 0) is 10.0 Å². The van der Waals surface area contributed by atoms with Crippen LogP contribution in [0, 0.1) is 11.8 Å². The molecule has 1 saturated carbocycles. The summed E-state index contributed by atoms with van der Waals surface area (Å²) in [4.78, 5) is 23.0. The Morgan fingerprint density at radius 3 is 2.20 bits per heavy atom. The summed E-state index contributed by atoms with van der Waals surface area (Å²) in [6.45, 7) is 2.69. The highest BCUT2D eigenvalue weighted by molar-refractivity contribution is 7.89. The predicted molar refractivity (Wildman–Crippen MR) is 139 cm³/mol. The molecule has 0 aliphatic heterocycles. The minimum Gasteiger partial charge on any atom is -0.362 e. The standard InChI is InChI=1S/C26H33N5O3S/c1-18(32)21-12-14-22(15-13-21)35(33,34)28-17-20-10-8-19(9-11-20)16-27-26-29-24-7-5-4-6-23(24)25(30-26)31(2)3/h4-7,12-15,19-20,28H,8-11,16-17H2,1-3H3,(H,27,29,30)/t19-,20-. The highest BCUT2D eigenvalue weighted by Gasteiger charge is 2.24. The number of anilines is 2. The Bertz CT molecular complexity index is 1280. The van der Waals surface area contributed by atoms with Crippen LogP contribution in [0.3, 0.4) is 0 Å². The number of nitrogens with zero attached hydrogens (tertiary/aromatic N) is 3. The first kappa shape index (κ1) is 25.1. The average Bonchev–Trinajstić information content (AvgIpc) is 2.86. The summed E-state index contributed by atoms with van der Waals surface area (Å²) in [6, 6.07) is 14.1. The van der Waals surface area contributed by atoms with E-state index in [0.29, 0.717) is 29.9 Å². The van der Waals surface area contributed by atoms with E-state index in [1.54, 1.807) is 12.1 Å². The van der Waals surface area contributed by atoms with Gasteiger partial charge in [0.1, 0.15) is 5.82 Å². The van der Waals surface area contributed by atoms with Crippen molar-refractivity contribution >= 4 is 38.5 Å². The summed E-state index contributed by atoms with van der Waals surface area (Å²) in [5.74, 6) is 2.26. The number of hydrogen-bond donors (Lipinski definition) is 2. The van der Waals surface area contributed by atoms with Crippen LogP contribution in [0.4, 0.5) is 11.8 Å². The van der Waals surface area contributed by atoms with Crippen LogP contribution in [-0.4, -0.2) is 51.4 Å². The minimum atomic E-state index is -3.59. The van der Waals surface area contributed by atoms with Crippen LogP contribution in [0.2, 0.25) is 0 Å². The van der Waals surface area contributed by atoms with Crippen molar-refractivity contribution in [2.45, 2.75) is 37.5 Å². The van der Waals surface area contributed by atoms with Crippen molar-refractivity contribution in [2.24, 2.45) is 11.8 Å². The highest BCUT2D eigenvalue weighted by atomic mass is 32.2. The first-order valence-electron chi connectivity index (χ1n) is 12.0. The van der Waals surface area contributed by atoms with E-state index < -0.39 is 10.0 Å². The van der Waals surface area contributed by atoms with E-state index >= 15 is 0 Å². The Morgan fingerprint density at radius 1 is 0.943 bits per heavy atom. The van der Waals surface area contributed by atoms with E-state index in [1.165, 1.54) is 19.1 Å². The van der Waals surface area contributed by atoms with Gasteiger partial charge < -0.3 is 10.2 Å². The predicted octanol–water partition coefficient (Wildman–Crippen LogP) is 4.10. The molecule has 1 aromatic heterocycles. The second-order valence-corrected chi connectivity index (χ2v) is 11.2. The van der Waals surface area contributed by atoms with Gasteiger partial charge >= 0.3 is 0 Å². The zero-order valence-electron chi connectivity index (χ0n) is 20.5. The Morgan fingerprint density at radius 2 is 1.57 bits per heavy atom. The number of hydrogen-bond acceptors (Lipinski definition) is 7. The smallest absolute Gasteiger partial charge is 0.240 e. The molecule has 0 bridgehead atoms. The van der Waals surface area contributed by atoms with Gasteiger partial charge in [-0.3, -0.25) is 4.79 Å². The SMILES string of the molecule is CC(=O)c1ccc(S(=O)(=O)NC[C@H]2CC[C@H](CNc3nc(N(C)C)c4ccccc4n3)CC2)cc1. The fraction of sp³-hybridized carbons (Fsp3) is 0.423. The first-order chi connectivity index (χ1) is 16.7. The van der Waals surface area contributed by atoms with Crippen LogP contribution in [0.1, 0.15) is 43.0 Å². The Kier molecular flexibility index (Phi) is 7.66. The number of fused-ring (bicyclic) bond motifs is 1. The molecule has 1 aliphatic rings. The summed E-state index contributed by atoms with van der Waals surface area (Å²) >= 11 is 0. The monoisotopic (exact) mass is 495 g/mol. The van der Waals surface area contributed by atoms with Gasteiger partial charge in [-0.05, 0) is 68.7 Å². The van der Waals surface area contributed by atoms with Gasteiger partial charge in [-0.15, -0.1) is 0 Å². The molecule has 0 saturated heterocycles. The van der Waals surface area contributed by atoms with Gasteiger partial charge in [0, 0.05) is 38.1 Å². The molecule has 0 radical (unpaired) electrons. The molecule has 186 valence electrons. The summed E-state index contributed by atoms with van der Waals surface area (Å²) in [6.07, 6.45) is 4.00. The number of rotatable bonds is 9. The van der Waals surface area contributed by atoms with E-state index in [1.807, 2.05) is 43.3 Å². The number of sulfonamides is 1.